The number of ether oxygens (including phenoxy) is 2. The van der Waals surface area contributed by atoms with Crippen LogP contribution in [-0.4, -0.2) is 30.1 Å². The van der Waals surface area contributed by atoms with Crippen molar-refractivity contribution >= 4 is 11.8 Å². The van der Waals surface area contributed by atoms with E-state index < -0.39 is 6.09 Å². The van der Waals surface area contributed by atoms with E-state index in [-0.39, 0.29) is 6.61 Å². The highest BCUT2D eigenvalue weighted by Crippen LogP contribution is 2.26. The van der Waals surface area contributed by atoms with Crippen LogP contribution in [0.2, 0.25) is 0 Å². The van der Waals surface area contributed by atoms with E-state index in [1.807, 2.05) is 67.9 Å². The fourth-order valence-electron chi connectivity index (χ4n) is 3.16. The van der Waals surface area contributed by atoms with Crippen molar-refractivity contribution in [3.8, 4) is 11.4 Å². The number of hydroxylamine groups is 1. The molecule has 1 amide bonds. The van der Waals surface area contributed by atoms with Crippen molar-refractivity contribution in [3.05, 3.63) is 71.0 Å². The zero-order valence-electron chi connectivity index (χ0n) is 17.3. The monoisotopic (exact) mass is 395 g/mol. The molecule has 152 valence electrons. The van der Waals surface area contributed by atoms with Gasteiger partial charge in [-0.15, -0.1) is 0 Å². The summed E-state index contributed by atoms with van der Waals surface area (Å²) in [6, 6.07) is 15.3. The predicted octanol–water partition coefficient (Wildman–Crippen LogP) is 4.51. The summed E-state index contributed by atoms with van der Waals surface area (Å²) in [5.74, 6) is 0.757. The maximum absolute atomic E-state index is 12.0. The molecule has 0 saturated heterocycles. The Hall–Kier alpha value is -3.32. The number of benzene rings is 2. The van der Waals surface area contributed by atoms with Gasteiger partial charge >= 0.3 is 6.09 Å². The molecule has 29 heavy (non-hydrogen) atoms. The molecule has 0 atom stereocenters. The lowest BCUT2D eigenvalue weighted by molar-refractivity contribution is 0.115. The Kier molecular flexibility index (Phi) is 6.19. The van der Waals surface area contributed by atoms with Crippen LogP contribution in [0.1, 0.15) is 22.5 Å². The molecule has 0 bridgehead atoms. The lowest BCUT2D eigenvalue weighted by atomic mass is 10.1. The number of amides is 1. The fraction of sp³-hybridized carbons (Fsp3) is 0.273. The first-order valence-corrected chi connectivity index (χ1v) is 9.21. The molecule has 0 N–H and O–H groups in total. The molecule has 0 aliphatic carbocycles. The normalized spacial score (nSPS) is 10.7. The molecule has 1 heterocycles. The molecule has 0 spiro atoms. The van der Waals surface area contributed by atoms with Crippen LogP contribution >= 0.6 is 0 Å². The van der Waals surface area contributed by atoms with Crippen LogP contribution < -0.4 is 9.80 Å². The largest absolute Gasteiger partial charge is 0.489 e. The number of carbonyl (C=O) groups is 1. The van der Waals surface area contributed by atoms with Crippen molar-refractivity contribution in [2.75, 3.05) is 19.3 Å². The predicted molar refractivity (Wildman–Crippen MR) is 110 cm³/mol. The Labute approximate surface area is 170 Å². The molecule has 3 rings (SSSR count). The molecule has 0 aliphatic rings. The Morgan fingerprint density at radius 2 is 1.83 bits per heavy atom. The van der Waals surface area contributed by atoms with E-state index in [1.165, 1.54) is 14.2 Å². The van der Waals surface area contributed by atoms with Gasteiger partial charge < -0.3 is 9.47 Å². The van der Waals surface area contributed by atoms with E-state index in [9.17, 15) is 4.79 Å². The van der Waals surface area contributed by atoms with Crippen molar-refractivity contribution in [1.82, 2.24) is 9.78 Å². The van der Waals surface area contributed by atoms with Crippen LogP contribution in [0.5, 0.6) is 5.75 Å². The maximum Gasteiger partial charge on any atom is 0.438 e. The second-order valence-corrected chi connectivity index (χ2v) is 6.65. The van der Waals surface area contributed by atoms with Gasteiger partial charge in [-0.2, -0.15) is 10.2 Å². The molecule has 2 aromatic carbocycles. The SMILES string of the molecule is COC(=O)N(OC)c1ccccc1COc1ccc(-n2nc(C)cc2C)cc1C. The molecule has 1 aromatic heterocycles. The van der Waals surface area contributed by atoms with Gasteiger partial charge in [0.15, 0.2) is 0 Å². The summed E-state index contributed by atoms with van der Waals surface area (Å²) >= 11 is 0. The highest BCUT2D eigenvalue weighted by atomic mass is 16.7. The summed E-state index contributed by atoms with van der Waals surface area (Å²) in [5, 5.41) is 5.62. The van der Waals surface area contributed by atoms with Crippen molar-refractivity contribution in [2.45, 2.75) is 27.4 Å². The standard InChI is InChI=1S/C22H25N3O4/c1-15-12-19(24-17(3)13-16(2)23-24)10-11-21(15)29-14-18-8-6-7-9-20(18)25(28-5)22(26)27-4/h6-13H,14H2,1-5H3. The molecule has 0 radical (unpaired) electrons. The Bertz CT molecular complexity index is 1010. The molecule has 7 heteroatoms. The first-order valence-electron chi connectivity index (χ1n) is 9.21. The van der Waals surface area contributed by atoms with Gasteiger partial charge in [0, 0.05) is 11.3 Å². The number of aryl methyl sites for hydroxylation is 3. The number of methoxy groups -OCH3 is 1. The third-order valence-corrected chi connectivity index (χ3v) is 4.53. The van der Waals surface area contributed by atoms with Gasteiger partial charge in [-0.1, -0.05) is 18.2 Å². The average Bonchev–Trinajstić information content (AvgIpc) is 3.06. The van der Waals surface area contributed by atoms with Crippen molar-refractivity contribution in [1.29, 1.82) is 0 Å². The number of nitrogens with zero attached hydrogens (tertiary/aromatic N) is 3. The second kappa shape index (κ2) is 8.79. The number of anilines is 1. The molecule has 3 aromatic rings. The van der Waals surface area contributed by atoms with Crippen LogP contribution in [-0.2, 0) is 16.2 Å². The second-order valence-electron chi connectivity index (χ2n) is 6.65. The zero-order valence-corrected chi connectivity index (χ0v) is 17.3. The van der Waals surface area contributed by atoms with Crippen LogP contribution in [0.3, 0.4) is 0 Å². The van der Waals surface area contributed by atoms with Gasteiger partial charge in [0.25, 0.3) is 0 Å². The van der Waals surface area contributed by atoms with Gasteiger partial charge in [0.05, 0.1) is 31.3 Å². The summed E-state index contributed by atoms with van der Waals surface area (Å²) in [6.07, 6.45) is -0.606. The Morgan fingerprint density at radius 3 is 2.45 bits per heavy atom. The minimum absolute atomic E-state index is 0.271. The third-order valence-electron chi connectivity index (χ3n) is 4.53. The van der Waals surface area contributed by atoms with Gasteiger partial charge in [0.2, 0.25) is 0 Å². The average molecular weight is 395 g/mol. The quantitative estimate of drug-likeness (QED) is 0.575. The number of carbonyl (C=O) groups excluding carboxylic acids is 1. The summed E-state index contributed by atoms with van der Waals surface area (Å²) in [6.45, 7) is 6.27. The minimum atomic E-state index is -0.606. The first-order chi connectivity index (χ1) is 13.9. The molecular weight excluding hydrogens is 370 g/mol. The van der Waals surface area contributed by atoms with Crippen molar-refractivity contribution < 1.29 is 19.1 Å². The Morgan fingerprint density at radius 1 is 1.07 bits per heavy atom. The zero-order chi connectivity index (χ0) is 21.0. The van der Waals surface area contributed by atoms with Gasteiger partial charge in [-0.05, 0) is 56.7 Å². The first kappa shape index (κ1) is 20.4. The lowest BCUT2D eigenvalue weighted by Gasteiger charge is -2.21. The Balaban J connectivity index is 1.80. The summed E-state index contributed by atoms with van der Waals surface area (Å²) in [7, 11) is 2.72. The smallest absolute Gasteiger partial charge is 0.438 e. The van der Waals surface area contributed by atoms with Gasteiger partial charge in [0.1, 0.15) is 12.4 Å². The van der Waals surface area contributed by atoms with E-state index >= 15 is 0 Å². The number of para-hydroxylation sites is 1. The third kappa shape index (κ3) is 4.41. The van der Waals surface area contributed by atoms with Crippen LogP contribution in [0.15, 0.2) is 48.5 Å². The van der Waals surface area contributed by atoms with Crippen LogP contribution in [0, 0.1) is 20.8 Å². The molecule has 7 nitrogen and oxygen atoms in total. The van der Waals surface area contributed by atoms with Crippen LogP contribution in [0.25, 0.3) is 5.69 Å². The van der Waals surface area contributed by atoms with Gasteiger partial charge in [-0.3, -0.25) is 4.84 Å². The number of hydrogen-bond acceptors (Lipinski definition) is 5. The number of aromatic nitrogens is 2. The maximum atomic E-state index is 12.0. The molecule has 0 aliphatic heterocycles. The van der Waals surface area contributed by atoms with E-state index in [1.54, 1.807) is 6.07 Å². The van der Waals surface area contributed by atoms with E-state index in [0.717, 1.165) is 39.0 Å². The molecule has 0 fully saturated rings. The van der Waals surface area contributed by atoms with Crippen molar-refractivity contribution in [2.24, 2.45) is 0 Å². The minimum Gasteiger partial charge on any atom is -0.489 e. The van der Waals surface area contributed by atoms with Crippen molar-refractivity contribution in [3.63, 3.8) is 0 Å². The summed E-state index contributed by atoms with van der Waals surface area (Å²) < 4.78 is 12.7. The lowest BCUT2D eigenvalue weighted by Crippen LogP contribution is -2.30. The fourth-order valence-corrected chi connectivity index (χ4v) is 3.16. The summed E-state index contributed by atoms with van der Waals surface area (Å²) in [4.78, 5) is 17.1. The van der Waals surface area contributed by atoms with E-state index in [2.05, 4.69) is 5.10 Å². The van der Waals surface area contributed by atoms with E-state index in [4.69, 9.17) is 14.3 Å². The number of hydrogen-bond donors (Lipinski definition) is 0. The number of rotatable bonds is 6. The van der Waals surface area contributed by atoms with Gasteiger partial charge in [-0.25, -0.2) is 9.48 Å². The molecule has 0 unspecified atom stereocenters. The molecular formula is C22H25N3O4. The van der Waals surface area contributed by atoms with Crippen LogP contribution in [0.4, 0.5) is 10.5 Å². The highest BCUT2D eigenvalue weighted by Gasteiger charge is 2.19. The topological polar surface area (TPSA) is 65.8 Å². The van der Waals surface area contributed by atoms with E-state index in [0.29, 0.717) is 5.69 Å². The molecule has 0 saturated carbocycles. The summed E-state index contributed by atoms with van der Waals surface area (Å²) in [5.41, 5.74) is 5.39. The highest BCUT2D eigenvalue weighted by molar-refractivity contribution is 5.86.